The van der Waals surface area contributed by atoms with E-state index in [1.165, 1.54) is 13.1 Å². The topological polar surface area (TPSA) is 104 Å². The fourth-order valence-electron chi connectivity index (χ4n) is 5.95. The standard InChI is InChI=1S/C21H25N3O4/c1-11(25)10-28-20(26)16-9-23-19-15(2-3-22-19)18(16)24-17-13-4-12-5-14(17)8-21(27,6-12)7-13/h2-3,9,12-14,17,27H,4-8,10H2,1H3,(H2,22,23,24)/t12?,13-,14+,17+,21-. The third-order valence-corrected chi connectivity index (χ3v) is 6.76. The molecule has 0 radical (unpaired) electrons. The summed E-state index contributed by atoms with van der Waals surface area (Å²) in [5, 5.41) is 15.3. The Kier molecular flexibility index (Phi) is 3.98. The van der Waals surface area contributed by atoms with Crippen molar-refractivity contribution in [1.82, 2.24) is 9.97 Å². The van der Waals surface area contributed by atoms with Crippen molar-refractivity contribution >= 4 is 28.5 Å². The minimum Gasteiger partial charge on any atom is -0.454 e. The molecule has 3 N–H and O–H groups in total. The summed E-state index contributed by atoms with van der Waals surface area (Å²) >= 11 is 0. The highest BCUT2D eigenvalue weighted by molar-refractivity contribution is 6.04. The van der Waals surface area contributed by atoms with Crippen molar-refractivity contribution in [3.05, 3.63) is 24.0 Å². The van der Waals surface area contributed by atoms with Gasteiger partial charge in [-0.25, -0.2) is 9.78 Å². The maximum Gasteiger partial charge on any atom is 0.342 e. The van der Waals surface area contributed by atoms with Crippen LogP contribution >= 0.6 is 0 Å². The lowest BCUT2D eigenvalue weighted by Crippen LogP contribution is -2.59. The largest absolute Gasteiger partial charge is 0.454 e. The molecule has 2 aromatic heterocycles. The maximum absolute atomic E-state index is 12.6. The second kappa shape index (κ2) is 6.30. The highest BCUT2D eigenvalue weighted by Gasteiger charge is 2.54. The SMILES string of the molecule is CC(=O)COC(=O)c1cnc2[nH]ccc2c1N[C@H]1[C@@H]2CC3C[C@H]1C[C@@](O)(C3)C2. The number of nitrogens with zero attached hydrogens (tertiary/aromatic N) is 1. The number of ether oxygens (including phenoxy) is 1. The Balaban J connectivity index is 1.48. The third-order valence-electron chi connectivity index (χ3n) is 6.76. The molecule has 0 saturated heterocycles. The van der Waals surface area contributed by atoms with E-state index in [1.54, 1.807) is 6.20 Å². The van der Waals surface area contributed by atoms with Gasteiger partial charge in [-0.05, 0) is 62.8 Å². The van der Waals surface area contributed by atoms with E-state index in [0.717, 1.165) is 37.5 Å². The lowest BCUT2D eigenvalue weighted by atomic mass is 9.52. The predicted molar refractivity (Wildman–Crippen MR) is 103 cm³/mol. The van der Waals surface area contributed by atoms with Crippen LogP contribution in [0.2, 0.25) is 0 Å². The Morgan fingerprint density at radius 1 is 1.32 bits per heavy atom. The quantitative estimate of drug-likeness (QED) is 0.686. The van der Waals surface area contributed by atoms with Crippen LogP contribution in [0, 0.1) is 17.8 Å². The number of fused-ring (bicyclic) bond motifs is 1. The van der Waals surface area contributed by atoms with E-state index in [0.29, 0.717) is 34.7 Å². The molecule has 2 heterocycles. The average Bonchev–Trinajstić information content (AvgIpc) is 3.10. The molecule has 28 heavy (non-hydrogen) atoms. The number of carbonyl (C=O) groups excluding carboxylic acids is 2. The zero-order valence-corrected chi connectivity index (χ0v) is 15.9. The number of H-pyrrole nitrogens is 1. The maximum atomic E-state index is 12.6. The molecule has 0 amide bonds. The molecule has 0 aliphatic heterocycles. The number of aliphatic hydroxyl groups is 1. The zero-order valence-electron chi connectivity index (χ0n) is 15.9. The molecule has 6 rings (SSSR count). The third kappa shape index (κ3) is 2.89. The number of pyridine rings is 1. The van der Waals surface area contributed by atoms with E-state index in [9.17, 15) is 14.7 Å². The highest BCUT2D eigenvalue weighted by atomic mass is 16.5. The van der Waals surface area contributed by atoms with Gasteiger partial charge >= 0.3 is 5.97 Å². The Bertz CT molecular complexity index is 936. The molecule has 4 fully saturated rings. The minimum absolute atomic E-state index is 0.201. The van der Waals surface area contributed by atoms with Crippen LogP contribution < -0.4 is 5.32 Å². The minimum atomic E-state index is -0.546. The van der Waals surface area contributed by atoms with Crippen molar-refractivity contribution in [2.45, 2.75) is 50.7 Å². The van der Waals surface area contributed by atoms with Crippen molar-refractivity contribution in [3.8, 4) is 0 Å². The molecular formula is C21H25N3O4. The molecule has 4 aliphatic carbocycles. The number of aromatic amines is 1. The van der Waals surface area contributed by atoms with Gasteiger partial charge in [0, 0.05) is 23.8 Å². The van der Waals surface area contributed by atoms with Gasteiger partial charge in [-0.3, -0.25) is 4.79 Å². The molecule has 0 aromatic carbocycles. The second-order valence-electron chi connectivity index (χ2n) is 8.93. The van der Waals surface area contributed by atoms with E-state index in [1.807, 2.05) is 6.07 Å². The summed E-state index contributed by atoms with van der Waals surface area (Å²) in [6.45, 7) is 1.14. The molecule has 7 nitrogen and oxygen atoms in total. The first-order valence-corrected chi connectivity index (χ1v) is 10.0. The summed E-state index contributed by atoms with van der Waals surface area (Å²) < 4.78 is 5.16. The van der Waals surface area contributed by atoms with Crippen LogP contribution in [0.5, 0.6) is 0 Å². The van der Waals surface area contributed by atoms with Crippen LogP contribution in [-0.2, 0) is 9.53 Å². The zero-order chi connectivity index (χ0) is 19.5. The number of nitrogens with one attached hydrogen (secondary N) is 2. The van der Waals surface area contributed by atoms with Crippen molar-refractivity contribution < 1.29 is 19.4 Å². The molecule has 4 aliphatic rings. The van der Waals surface area contributed by atoms with Crippen molar-refractivity contribution in [3.63, 3.8) is 0 Å². The lowest BCUT2D eigenvalue weighted by Gasteiger charge is -2.58. The van der Waals surface area contributed by atoms with Crippen molar-refractivity contribution in [2.75, 3.05) is 11.9 Å². The van der Waals surface area contributed by atoms with E-state index in [-0.39, 0.29) is 18.4 Å². The van der Waals surface area contributed by atoms with E-state index < -0.39 is 11.6 Å². The van der Waals surface area contributed by atoms with Crippen LogP contribution in [0.4, 0.5) is 5.69 Å². The number of hydrogen-bond donors (Lipinski definition) is 3. The molecule has 2 aromatic rings. The van der Waals surface area contributed by atoms with Crippen LogP contribution in [0.15, 0.2) is 18.5 Å². The summed E-state index contributed by atoms with van der Waals surface area (Å²) in [6, 6.07) is 2.12. The molecule has 4 bridgehead atoms. The number of ketones is 1. The van der Waals surface area contributed by atoms with Gasteiger partial charge in [0.1, 0.15) is 17.8 Å². The Morgan fingerprint density at radius 2 is 2.07 bits per heavy atom. The van der Waals surface area contributed by atoms with Gasteiger partial charge < -0.3 is 20.1 Å². The number of carbonyl (C=O) groups is 2. The van der Waals surface area contributed by atoms with Crippen molar-refractivity contribution in [1.29, 1.82) is 0 Å². The molecule has 0 spiro atoms. The lowest BCUT2D eigenvalue weighted by molar-refractivity contribution is -0.129. The summed E-state index contributed by atoms with van der Waals surface area (Å²) in [7, 11) is 0. The number of anilines is 1. The summed E-state index contributed by atoms with van der Waals surface area (Å²) in [5.74, 6) is 0.674. The predicted octanol–water partition coefficient (Wildman–Crippen LogP) is 2.66. The van der Waals surface area contributed by atoms with Gasteiger partial charge in [-0.15, -0.1) is 0 Å². The van der Waals surface area contributed by atoms with Gasteiger partial charge in [-0.1, -0.05) is 0 Å². The first-order valence-electron chi connectivity index (χ1n) is 10.0. The van der Waals surface area contributed by atoms with Crippen LogP contribution in [-0.4, -0.2) is 45.1 Å². The summed E-state index contributed by atoms with van der Waals surface area (Å²) in [4.78, 5) is 31.3. The normalized spacial score (nSPS) is 33.2. The molecule has 148 valence electrons. The average molecular weight is 383 g/mol. The first-order chi connectivity index (χ1) is 13.4. The fourth-order valence-corrected chi connectivity index (χ4v) is 5.95. The molecule has 4 saturated carbocycles. The number of hydrogen-bond acceptors (Lipinski definition) is 6. The van der Waals surface area contributed by atoms with Gasteiger partial charge in [0.2, 0.25) is 0 Å². The van der Waals surface area contributed by atoms with E-state index >= 15 is 0 Å². The number of esters is 1. The molecule has 7 heteroatoms. The van der Waals surface area contributed by atoms with Crippen molar-refractivity contribution in [2.24, 2.45) is 17.8 Å². The molecular weight excluding hydrogens is 358 g/mol. The monoisotopic (exact) mass is 383 g/mol. The highest BCUT2D eigenvalue weighted by Crippen LogP contribution is 2.56. The van der Waals surface area contributed by atoms with Crippen LogP contribution in [0.1, 0.15) is 49.4 Å². The summed E-state index contributed by atoms with van der Waals surface area (Å²) in [5.41, 5.74) is 1.26. The van der Waals surface area contributed by atoms with Gasteiger partial charge in [0.05, 0.1) is 11.3 Å². The fraction of sp³-hybridized carbons (Fsp3) is 0.571. The first kappa shape index (κ1) is 17.7. The number of aromatic nitrogens is 2. The van der Waals surface area contributed by atoms with Gasteiger partial charge in [-0.2, -0.15) is 0 Å². The van der Waals surface area contributed by atoms with Gasteiger partial charge in [0.15, 0.2) is 5.78 Å². The second-order valence-corrected chi connectivity index (χ2v) is 8.93. The van der Waals surface area contributed by atoms with Gasteiger partial charge in [0.25, 0.3) is 0 Å². The Hall–Kier alpha value is -2.41. The number of Topliss-reactive ketones (excluding diaryl/α,β-unsaturated/α-hetero) is 1. The molecule has 1 unspecified atom stereocenters. The smallest absolute Gasteiger partial charge is 0.342 e. The number of rotatable bonds is 5. The van der Waals surface area contributed by atoms with E-state index in [2.05, 4.69) is 15.3 Å². The Labute approximate surface area is 162 Å². The summed E-state index contributed by atoms with van der Waals surface area (Å²) in [6.07, 6.45) is 8.14. The Morgan fingerprint density at radius 3 is 2.75 bits per heavy atom. The van der Waals surface area contributed by atoms with E-state index in [4.69, 9.17) is 4.74 Å². The van der Waals surface area contributed by atoms with Crippen LogP contribution in [0.3, 0.4) is 0 Å². The molecule has 5 atom stereocenters. The van der Waals surface area contributed by atoms with Crippen LogP contribution in [0.25, 0.3) is 11.0 Å².